The van der Waals surface area contributed by atoms with Gasteiger partial charge in [0.25, 0.3) is 5.91 Å². The van der Waals surface area contributed by atoms with E-state index in [9.17, 15) is 4.79 Å². The largest absolute Gasteiger partial charge is 0.366 e. The normalized spacial score (nSPS) is 19.4. The summed E-state index contributed by atoms with van der Waals surface area (Å²) in [6.07, 6.45) is 4.05. The van der Waals surface area contributed by atoms with Crippen LogP contribution in [0.15, 0.2) is 60.8 Å². The molecule has 1 aliphatic heterocycles. The predicted molar refractivity (Wildman–Crippen MR) is 114 cm³/mol. The number of para-hydroxylation sites is 1. The molecule has 1 saturated carbocycles. The number of amides is 1. The van der Waals surface area contributed by atoms with Gasteiger partial charge in [0.15, 0.2) is 0 Å². The molecule has 0 bridgehead atoms. The number of benzene rings is 2. The molecule has 1 unspecified atom stereocenters. The minimum absolute atomic E-state index is 0.125. The van der Waals surface area contributed by atoms with Crippen LogP contribution in [0.2, 0.25) is 0 Å². The summed E-state index contributed by atoms with van der Waals surface area (Å²) >= 11 is 0. The van der Waals surface area contributed by atoms with E-state index >= 15 is 0 Å². The standard InChI is InChI=1S/C24H27N3O2/c28-24(23-14-25-12-13-29-23)27(20-10-11-20)17-19-16-26(15-18-6-2-1-3-7-18)22-9-5-4-8-21(19)22/h1-9,16,20,23,25H,10-15,17H2. The lowest BCUT2D eigenvalue weighted by molar-refractivity contribution is -0.146. The van der Waals surface area contributed by atoms with Gasteiger partial charge >= 0.3 is 0 Å². The second-order valence-corrected chi connectivity index (χ2v) is 8.05. The van der Waals surface area contributed by atoms with Crippen molar-refractivity contribution in [3.8, 4) is 0 Å². The van der Waals surface area contributed by atoms with Crippen LogP contribution in [-0.4, -0.2) is 47.2 Å². The molecule has 150 valence electrons. The number of carbonyl (C=O) groups is 1. The first-order chi connectivity index (χ1) is 14.3. The maximum atomic E-state index is 13.2. The SMILES string of the molecule is O=C(C1CNCCO1)N(Cc1cn(Cc2ccccc2)c2ccccc12)C1CC1. The molecule has 2 aliphatic rings. The van der Waals surface area contributed by atoms with Crippen LogP contribution in [-0.2, 0) is 22.6 Å². The maximum Gasteiger partial charge on any atom is 0.253 e. The van der Waals surface area contributed by atoms with Crippen molar-refractivity contribution in [3.05, 3.63) is 71.9 Å². The van der Waals surface area contributed by atoms with E-state index in [1.165, 1.54) is 22.0 Å². The predicted octanol–water partition coefficient (Wildman–Crippen LogP) is 3.17. The highest BCUT2D eigenvalue weighted by molar-refractivity contribution is 5.86. The zero-order valence-electron chi connectivity index (χ0n) is 16.6. The number of aromatic nitrogens is 1. The van der Waals surface area contributed by atoms with E-state index in [1.807, 2.05) is 11.0 Å². The van der Waals surface area contributed by atoms with Gasteiger partial charge in [0.1, 0.15) is 6.10 Å². The van der Waals surface area contributed by atoms with Gasteiger partial charge in [-0.3, -0.25) is 4.79 Å². The number of rotatable bonds is 6. The summed E-state index contributed by atoms with van der Waals surface area (Å²) in [5.74, 6) is 0.125. The van der Waals surface area contributed by atoms with Crippen LogP contribution < -0.4 is 5.32 Å². The first-order valence-corrected chi connectivity index (χ1v) is 10.5. The van der Waals surface area contributed by atoms with Gasteiger partial charge in [0.2, 0.25) is 0 Å². The van der Waals surface area contributed by atoms with Gasteiger partial charge in [-0.2, -0.15) is 0 Å². The fourth-order valence-electron chi connectivity index (χ4n) is 4.23. The lowest BCUT2D eigenvalue weighted by Crippen LogP contribution is -2.49. The molecule has 2 fully saturated rings. The van der Waals surface area contributed by atoms with Gasteiger partial charge in [-0.15, -0.1) is 0 Å². The number of fused-ring (bicyclic) bond motifs is 1. The number of morpholine rings is 1. The van der Waals surface area contributed by atoms with Gasteiger partial charge < -0.3 is 19.5 Å². The molecule has 5 nitrogen and oxygen atoms in total. The average molecular weight is 389 g/mol. The van der Waals surface area contributed by atoms with Crippen molar-refractivity contribution in [2.75, 3.05) is 19.7 Å². The van der Waals surface area contributed by atoms with Crippen LogP contribution in [0.3, 0.4) is 0 Å². The molecule has 29 heavy (non-hydrogen) atoms. The summed E-state index contributed by atoms with van der Waals surface area (Å²) in [4.78, 5) is 15.2. The highest BCUT2D eigenvalue weighted by Crippen LogP contribution is 2.32. The van der Waals surface area contributed by atoms with Crippen molar-refractivity contribution >= 4 is 16.8 Å². The minimum Gasteiger partial charge on any atom is -0.366 e. The Labute approximate surface area is 171 Å². The third-order valence-corrected chi connectivity index (χ3v) is 5.88. The third-order valence-electron chi connectivity index (χ3n) is 5.88. The first kappa shape index (κ1) is 18.4. The fraction of sp³-hybridized carbons (Fsp3) is 0.375. The Bertz CT molecular complexity index is 988. The van der Waals surface area contributed by atoms with Gasteiger partial charge in [0.05, 0.1) is 6.61 Å². The number of nitrogens with zero attached hydrogens (tertiary/aromatic N) is 2. The van der Waals surface area contributed by atoms with Crippen LogP contribution in [0.5, 0.6) is 0 Å². The van der Waals surface area contributed by atoms with E-state index in [0.29, 0.717) is 25.7 Å². The van der Waals surface area contributed by atoms with Crippen LogP contribution in [0, 0.1) is 0 Å². The molecule has 1 aliphatic carbocycles. The molecule has 5 heteroatoms. The van der Waals surface area contributed by atoms with E-state index in [-0.39, 0.29) is 12.0 Å². The molecule has 1 N–H and O–H groups in total. The second-order valence-electron chi connectivity index (χ2n) is 8.05. The summed E-state index contributed by atoms with van der Waals surface area (Å²) in [6, 6.07) is 19.4. The zero-order valence-corrected chi connectivity index (χ0v) is 16.6. The second kappa shape index (κ2) is 8.01. The molecular formula is C24H27N3O2. The Hall–Kier alpha value is -2.63. The van der Waals surface area contributed by atoms with Crippen LogP contribution in [0.25, 0.3) is 10.9 Å². The van der Waals surface area contributed by atoms with Crippen LogP contribution in [0.4, 0.5) is 0 Å². The van der Waals surface area contributed by atoms with Crippen molar-refractivity contribution in [1.82, 2.24) is 14.8 Å². The van der Waals surface area contributed by atoms with Gasteiger partial charge in [0, 0.05) is 49.3 Å². The average Bonchev–Trinajstić information content (AvgIpc) is 3.57. The topological polar surface area (TPSA) is 46.5 Å². The number of nitrogens with one attached hydrogen (secondary N) is 1. The summed E-state index contributed by atoms with van der Waals surface area (Å²) in [6.45, 7) is 3.50. The van der Waals surface area contributed by atoms with E-state index in [1.54, 1.807) is 0 Å². The Morgan fingerprint density at radius 3 is 2.66 bits per heavy atom. The molecule has 1 saturated heterocycles. The van der Waals surface area contributed by atoms with E-state index < -0.39 is 0 Å². The van der Waals surface area contributed by atoms with E-state index in [0.717, 1.165) is 25.9 Å². The van der Waals surface area contributed by atoms with Crippen molar-refractivity contribution in [3.63, 3.8) is 0 Å². The third kappa shape index (κ3) is 3.93. The molecule has 0 spiro atoms. The fourth-order valence-corrected chi connectivity index (χ4v) is 4.23. The summed E-state index contributed by atoms with van der Waals surface area (Å²) < 4.78 is 8.05. The number of hydrogen-bond donors (Lipinski definition) is 1. The quantitative estimate of drug-likeness (QED) is 0.704. The van der Waals surface area contributed by atoms with Crippen molar-refractivity contribution < 1.29 is 9.53 Å². The van der Waals surface area contributed by atoms with Gasteiger partial charge in [-0.05, 0) is 30.0 Å². The molecule has 1 aromatic heterocycles. The molecule has 2 heterocycles. The number of hydrogen-bond acceptors (Lipinski definition) is 3. The number of ether oxygens (including phenoxy) is 1. The molecular weight excluding hydrogens is 362 g/mol. The molecule has 1 atom stereocenters. The Morgan fingerprint density at radius 2 is 1.90 bits per heavy atom. The molecule has 5 rings (SSSR count). The van der Waals surface area contributed by atoms with E-state index in [4.69, 9.17) is 4.74 Å². The molecule has 2 aromatic carbocycles. The summed E-state index contributed by atoms with van der Waals surface area (Å²) in [5.41, 5.74) is 3.70. The maximum absolute atomic E-state index is 13.2. The Kier molecular flexibility index (Phi) is 5.08. The lowest BCUT2D eigenvalue weighted by Gasteiger charge is -2.30. The van der Waals surface area contributed by atoms with Crippen LogP contribution >= 0.6 is 0 Å². The van der Waals surface area contributed by atoms with Gasteiger partial charge in [-0.1, -0.05) is 48.5 Å². The molecule has 1 amide bonds. The zero-order chi connectivity index (χ0) is 19.6. The van der Waals surface area contributed by atoms with Crippen molar-refractivity contribution in [1.29, 1.82) is 0 Å². The minimum atomic E-state index is -0.359. The van der Waals surface area contributed by atoms with Crippen LogP contribution in [0.1, 0.15) is 24.0 Å². The van der Waals surface area contributed by atoms with Gasteiger partial charge in [-0.25, -0.2) is 0 Å². The monoisotopic (exact) mass is 389 g/mol. The molecule has 3 aromatic rings. The Morgan fingerprint density at radius 1 is 1.10 bits per heavy atom. The number of carbonyl (C=O) groups excluding carboxylic acids is 1. The smallest absolute Gasteiger partial charge is 0.253 e. The Balaban J connectivity index is 1.43. The highest BCUT2D eigenvalue weighted by Gasteiger charge is 2.37. The van der Waals surface area contributed by atoms with E-state index in [2.05, 4.69) is 64.6 Å². The summed E-state index contributed by atoms with van der Waals surface area (Å²) in [5, 5.41) is 4.50. The molecule has 0 radical (unpaired) electrons. The summed E-state index contributed by atoms with van der Waals surface area (Å²) in [7, 11) is 0. The van der Waals surface area contributed by atoms with Crippen molar-refractivity contribution in [2.24, 2.45) is 0 Å². The van der Waals surface area contributed by atoms with Crippen molar-refractivity contribution in [2.45, 2.75) is 38.1 Å². The first-order valence-electron chi connectivity index (χ1n) is 10.5. The highest BCUT2D eigenvalue weighted by atomic mass is 16.5. The lowest BCUT2D eigenvalue weighted by atomic mass is 10.1.